The van der Waals surface area contributed by atoms with Crippen molar-refractivity contribution in [2.75, 3.05) is 0 Å². The molecule has 6 heteroatoms. The monoisotopic (exact) mass is 316 g/mol. The van der Waals surface area contributed by atoms with E-state index in [1.165, 1.54) is 6.07 Å². The molecular weight excluding hydrogens is 306 g/mol. The third kappa shape index (κ3) is 2.87. The van der Waals surface area contributed by atoms with Crippen LogP contribution < -0.4 is 4.74 Å². The summed E-state index contributed by atoms with van der Waals surface area (Å²) < 4.78 is 33.3. The Balaban J connectivity index is 2.18. The first kappa shape index (κ1) is 13.0. The van der Waals surface area contributed by atoms with E-state index in [4.69, 9.17) is 4.74 Å². The smallest absolute Gasteiger partial charge is 0.264 e. The van der Waals surface area contributed by atoms with E-state index in [1.807, 2.05) is 0 Å². The maximum absolute atomic E-state index is 12.8. The van der Waals surface area contributed by atoms with Gasteiger partial charge in [-0.15, -0.1) is 5.10 Å². The molecule has 0 unspecified atom stereocenters. The minimum atomic E-state index is -2.52. The second-order valence-corrected chi connectivity index (χ2v) is 4.58. The Labute approximate surface area is 112 Å². The van der Waals surface area contributed by atoms with Crippen LogP contribution in [0.3, 0.4) is 0 Å². The molecule has 0 N–H and O–H groups in total. The molecule has 0 atom stereocenters. The van der Waals surface area contributed by atoms with Crippen LogP contribution in [0.2, 0.25) is 0 Å². The fraction of sp³-hybridized carbons (Fsp3) is 0.250. The maximum Gasteiger partial charge on any atom is 0.264 e. The van der Waals surface area contributed by atoms with E-state index in [9.17, 15) is 8.78 Å². The minimum absolute atomic E-state index is 0.0275. The van der Waals surface area contributed by atoms with E-state index in [0.717, 1.165) is 0 Å². The molecule has 0 bridgehead atoms. The summed E-state index contributed by atoms with van der Waals surface area (Å²) in [4.78, 5) is 0. The minimum Gasteiger partial charge on any atom is -0.472 e. The molecule has 1 aromatic carbocycles. The number of hydrogen-bond acceptors (Lipinski definition) is 2. The molecule has 0 fully saturated rings. The third-order valence-corrected chi connectivity index (χ3v) is 3.19. The first-order chi connectivity index (χ1) is 8.58. The van der Waals surface area contributed by atoms with Gasteiger partial charge in [-0.3, -0.25) is 4.68 Å². The Bertz CT molecular complexity index is 543. The summed E-state index contributed by atoms with van der Waals surface area (Å²) in [5.41, 5.74) is 0.415. The lowest BCUT2D eigenvalue weighted by Crippen LogP contribution is -2.02. The molecule has 0 aliphatic heterocycles. The molecule has 0 saturated carbocycles. The predicted molar refractivity (Wildman–Crippen MR) is 66.6 cm³/mol. The standard InChI is InChI=1S/C12H11BrF2N2O/c1-17-6-5-11(16-17)18-7-9-8(12(14)15)3-2-4-10(9)13/h2-6,12H,7H2,1H3. The fourth-order valence-corrected chi connectivity index (χ4v) is 2.04. The van der Waals surface area contributed by atoms with Gasteiger partial charge in [0, 0.05) is 34.9 Å². The Morgan fingerprint density at radius 1 is 1.39 bits per heavy atom. The summed E-state index contributed by atoms with van der Waals surface area (Å²) in [7, 11) is 1.76. The lowest BCUT2D eigenvalue weighted by Gasteiger charge is -2.11. The molecule has 0 radical (unpaired) electrons. The molecular formula is C12H11BrF2N2O. The van der Waals surface area contributed by atoms with E-state index in [2.05, 4.69) is 21.0 Å². The summed E-state index contributed by atoms with van der Waals surface area (Å²) in [6, 6.07) is 6.37. The Morgan fingerprint density at radius 2 is 2.17 bits per heavy atom. The second kappa shape index (κ2) is 5.48. The van der Waals surface area contributed by atoms with Crippen LogP contribution in [0, 0.1) is 0 Å². The van der Waals surface area contributed by atoms with Crippen LogP contribution in [-0.4, -0.2) is 9.78 Å². The van der Waals surface area contributed by atoms with Gasteiger partial charge in [0.1, 0.15) is 6.61 Å². The number of rotatable bonds is 4. The van der Waals surface area contributed by atoms with Gasteiger partial charge in [-0.2, -0.15) is 0 Å². The number of aryl methyl sites for hydroxylation is 1. The molecule has 0 amide bonds. The fourth-order valence-electron chi connectivity index (χ4n) is 1.55. The maximum atomic E-state index is 12.8. The van der Waals surface area contributed by atoms with Gasteiger partial charge in [0.05, 0.1) is 0 Å². The molecule has 0 aliphatic carbocycles. The van der Waals surface area contributed by atoms with Crippen LogP contribution in [0.15, 0.2) is 34.9 Å². The Kier molecular flexibility index (Phi) is 3.96. The van der Waals surface area contributed by atoms with Crippen LogP contribution >= 0.6 is 15.9 Å². The highest BCUT2D eigenvalue weighted by Crippen LogP contribution is 2.29. The van der Waals surface area contributed by atoms with Crippen molar-refractivity contribution in [3.05, 3.63) is 46.1 Å². The van der Waals surface area contributed by atoms with Crippen LogP contribution in [0.5, 0.6) is 5.88 Å². The SMILES string of the molecule is Cn1ccc(OCc2c(Br)cccc2C(F)F)n1. The van der Waals surface area contributed by atoms with Gasteiger partial charge < -0.3 is 4.74 Å². The number of hydrogen-bond donors (Lipinski definition) is 0. The van der Waals surface area contributed by atoms with Gasteiger partial charge in [-0.25, -0.2) is 8.78 Å². The van der Waals surface area contributed by atoms with Gasteiger partial charge >= 0.3 is 0 Å². The zero-order valence-corrected chi connectivity index (χ0v) is 11.2. The highest BCUT2D eigenvalue weighted by molar-refractivity contribution is 9.10. The van der Waals surface area contributed by atoms with E-state index in [0.29, 0.717) is 15.9 Å². The molecule has 0 saturated heterocycles. The third-order valence-electron chi connectivity index (χ3n) is 2.44. The van der Waals surface area contributed by atoms with E-state index in [1.54, 1.807) is 36.1 Å². The molecule has 1 heterocycles. The average Bonchev–Trinajstić information content (AvgIpc) is 2.73. The van der Waals surface area contributed by atoms with Crippen molar-refractivity contribution in [1.29, 1.82) is 0 Å². The van der Waals surface area contributed by atoms with Crippen LogP contribution in [-0.2, 0) is 13.7 Å². The van der Waals surface area contributed by atoms with Gasteiger partial charge in [0.15, 0.2) is 0 Å². The largest absolute Gasteiger partial charge is 0.472 e. The highest BCUT2D eigenvalue weighted by Gasteiger charge is 2.15. The van der Waals surface area contributed by atoms with Crippen molar-refractivity contribution < 1.29 is 13.5 Å². The second-order valence-electron chi connectivity index (χ2n) is 3.72. The molecule has 3 nitrogen and oxygen atoms in total. The van der Waals surface area contributed by atoms with Gasteiger partial charge in [0.25, 0.3) is 6.43 Å². The van der Waals surface area contributed by atoms with Gasteiger partial charge in [-0.1, -0.05) is 28.1 Å². The Hall–Kier alpha value is -1.43. The van der Waals surface area contributed by atoms with Crippen molar-refractivity contribution in [2.24, 2.45) is 7.05 Å². The number of ether oxygens (including phenoxy) is 1. The van der Waals surface area contributed by atoms with E-state index < -0.39 is 6.43 Å². The van der Waals surface area contributed by atoms with Crippen molar-refractivity contribution in [3.63, 3.8) is 0 Å². The molecule has 0 aliphatic rings. The lowest BCUT2D eigenvalue weighted by atomic mass is 10.1. The zero-order chi connectivity index (χ0) is 13.1. The average molecular weight is 317 g/mol. The topological polar surface area (TPSA) is 27.1 Å². The summed E-state index contributed by atoms with van der Waals surface area (Å²) in [5, 5.41) is 4.02. The normalized spacial score (nSPS) is 10.9. The van der Waals surface area contributed by atoms with Crippen molar-refractivity contribution in [2.45, 2.75) is 13.0 Å². The highest BCUT2D eigenvalue weighted by atomic mass is 79.9. The van der Waals surface area contributed by atoms with Crippen LogP contribution in [0.4, 0.5) is 8.78 Å². The molecule has 1 aromatic heterocycles. The summed E-state index contributed by atoms with van der Waals surface area (Å²) in [5.74, 6) is 0.411. The first-order valence-electron chi connectivity index (χ1n) is 5.26. The molecule has 0 spiro atoms. The number of aromatic nitrogens is 2. The number of benzene rings is 1. The quantitative estimate of drug-likeness (QED) is 0.860. The van der Waals surface area contributed by atoms with Crippen LogP contribution in [0.1, 0.15) is 17.6 Å². The lowest BCUT2D eigenvalue weighted by molar-refractivity contribution is 0.147. The van der Waals surface area contributed by atoms with Gasteiger partial charge in [0.2, 0.25) is 5.88 Å². The van der Waals surface area contributed by atoms with E-state index in [-0.39, 0.29) is 12.2 Å². The van der Waals surface area contributed by atoms with Crippen molar-refractivity contribution in [3.8, 4) is 5.88 Å². The van der Waals surface area contributed by atoms with E-state index >= 15 is 0 Å². The molecule has 2 rings (SSSR count). The summed E-state index contributed by atoms with van der Waals surface area (Å²) >= 11 is 3.26. The van der Waals surface area contributed by atoms with Crippen LogP contribution in [0.25, 0.3) is 0 Å². The molecule has 96 valence electrons. The summed E-state index contributed by atoms with van der Waals surface area (Å²) in [6.07, 6.45) is -0.798. The Morgan fingerprint density at radius 3 is 2.78 bits per heavy atom. The number of alkyl halides is 2. The predicted octanol–water partition coefficient (Wildman–Crippen LogP) is 3.70. The molecule has 2 aromatic rings. The van der Waals surface area contributed by atoms with Crippen molar-refractivity contribution >= 4 is 15.9 Å². The summed E-state index contributed by atoms with van der Waals surface area (Å²) in [6.45, 7) is 0.0537. The molecule has 18 heavy (non-hydrogen) atoms. The zero-order valence-electron chi connectivity index (χ0n) is 9.61. The first-order valence-corrected chi connectivity index (χ1v) is 6.05. The van der Waals surface area contributed by atoms with Gasteiger partial charge in [-0.05, 0) is 6.07 Å². The number of halogens is 3. The number of nitrogens with zero attached hydrogens (tertiary/aromatic N) is 2. The van der Waals surface area contributed by atoms with Crippen molar-refractivity contribution in [1.82, 2.24) is 9.78 Å².